The van der Waals surface area contributed by atoms with Crippen LogP contribution in [-0.4, -0.2) is 34.4 Å². The molecule has 1 aromatic carbocycles. The molecule has 2 aromatic rings. The molecule has 1 aromatic heterocycles. The van der Waals surface area contributed by atoms with E-state index >= 15 is 0 Å². The highest BCUT2D eigenvalue weighted by molar-refractivity contribution is 7.99. The number of carboxylic acids is 1. The maximum absolute atomic E-state index is 13.4. The number of pyridine rings is 1. The Morgan fingerprint density at radius 3 is 2.39 bits per heavy atom. The van der Waals surface area contributed by atoms with E-state index in [0.29, 0.717) is 10.6 Å². The molecular formula is C16H16FNO4S. The lowest BCUT2D eigenvalue weighted by Gasteiger charge is -2.04. The van der Waals surface area contributed by atoms with Gasteiger partial charge in [-0.15, -0.1) is 11.8 Å². The zero-order chi connectivity index (χ0) is 17.1. The Labute approximate surface area is 137 Å². The van der Waals surface area contributed by atoms with Crippen LogP contribution >= 0.6 is 11.8 Å². The van der Waals surface area contributed by atoms with E-state index in [4.69, 9.17) is 5.11 Å². The average Bonchev–Trinajstić information content (AvgIpc) is 2.54. The summed E-state index contributed by atoms with van der Waals surface area (Å²) in [6.07, 6.45) is 3.50. The molecule has 2 rings (SSSR count). The topological polar surface area (TPSA) is 76.5 Å². The Morgan fingerprint density at radius 2 is 1.96 bits per heavy atom. The Balaban J connectivity index is 0.000000366. The summed E-state index contributed by atoms with van der Waals surface area (Å²) in [4.78, 5) is 25.2. The number of carbonyl (C=O) groups is 2. The van der Waals surface area contributed by atoms with Crippen molar-refractivity contribution in [2.24, 2.45) is 0 Å². The SMILES string of the molecule is CC(=O)OCCSc1ccc(C(=O)O)cc1F.c1ccncc1. The van der Waals surface area contributed by atoms with Gasteiger partial charge in [0, 0.05) is 30.0 Å². The molecule has 1 N–H and O–H groups in total. The molecule has 1 heterocycles. The summed E-state index contributed by atoms with van der Waals surface area (Å²) in [5.41, 5.74) is -0.0909. The van der Waals surface area contributed by atoms with Gasteiger partial charge in [0.1, 0.15) is 12.4 Å². The number of aromatic carboxylic acids is 1. The van der Waals surface area contributed by atoms with Gasteiger partial charge >= 0.3 is 11.9 Å². The van der Waals surface area contributed by atoms with Crippen LogP contribution in [0, 0.1) is 5.82 Å². The van der Waals surface area contributed by atoms with E-state index in [1.165, 1.54) is 19.1 Å². The van der Waals surface area contributed by atoms with Crippen LogP contribution in [0.5, 0.6) is 0 Å². The van der Waals surface area contributed by atoms with Crippen molar-refractivity contribution in [3.63, 3.8) is 0 Å². The molecule has 0 fully saturated rings. The minimum absolute atomic E-state index is 0.0909. The summed E-state index contributed by atoms with van der Waals surface area (Å²) in [7, 11) is 0. The van der Waals surface area contributed by atoms with E-state index in [-0.39, 0.29) is 18.1 Å². The van der Waals surface area contributed by atoms with Gasteiger partial charge in [-0.05, 0) is 30.3 Å². The Bertz CT molecular complexity index is 611. The molecule has 0 saturated heterocycles. The largest absolute Gasteiger partial charge is 0.478 e. The lowest BCUT2D eigenvalue weighted by Crippen LogP contribution is -2.03. The summed E-state index contributed by atoms with van der Waals surface area (Å²) in [5.74, 6) is -1.71. The van der Waals surface area contributed by atoms with E-state index in [9.17, 15) is 14.0 Å². The summed E-state index contributed by atoms with van der Waals surface area (Å²) < 4.78 is 18.1. The Hall–Kier alpha value is -2.41. The van der Waals surface area contributed by atoms with Crippen LogP contribution in [0.1, 0.15) is 17.3 Å². The highest BCUT2D eigenvalue weighted by Crippen LogP contribution is 2.22. The van der Waals surface area contributed by atoms with Crippen LogP contribution in [0.2, 0.25) is 0 Å². The first-order valence-electron chi connectivity index (χ1n) is 6.64. The zero-order valence-electron chi connectivity index (χ0n) is 12.4. The lowest BCUT2D eigenvalue weighted by atomic mass is 10.2. The number of hydrogen-bond acceptors (Lipinski definition) is 5. The Morgan fingerprint density at radius 1 is 1.26 bits per heavy atom. The summed E-state index contributed by atoms with van der Waals surface area (Å²) in [6.45, 7) is 1.49. The van der Waals surface area contributed by atoms with Crippen LogP contribution in [-0.2, 0) is 9.53 Å². The number of thioether (sulfide) groups is 1. The van der Waals surface area contributed by atoms with Crippen molar-refractivity contribution in [1.82, 2.24) is 4.98 Å². The summed E-state index contributed by atoms with van der Waals surface area (Å²) >= 11 is 1.16. The minimum Gasteiger partial charge on any atom is -0.478 e. The van der Waals surface area contributed by atoms with Crippen molar-refractivity contribution in [1.29, 1.82) is 0 Å². The van der Waals surface area contributed by atoms with Crippen LogP contribution in [0.3, 0.4) is 0 Å². The van der Waals surface area contributed by atoms with Crippen molar-refractivity contribution in [2.75, 3.05) is 12.4 Å². The molecule has 0 aliphatic heterocycles. The van der Waals surface area contributed by atoms with Crippen LogP contribution in [0.25, 0.3) is 0 Å². The molecular weight excluding hydrogens is 321 g/mol. The molecule has 0 unspecified atom stereocenters. The number of halogens is 1. The first-order valence-corrected chi connectivity index (χ1v) is 7.63. The van der Waals surface area contributed by atoms with Crippen LogP contribution < -0.4 is 0 Å². The fourth-order valence-electron chi connectivity index (χ4n) is 1.40. The van der Waals surface area contributed by atoms with Crippen molar-refractivity contribution >= 4 is 23.7 Å². The first-order chi connectivity index (χ1) is 11.0. The highest BCUT2D eigenvalue weighted by atomic mass is 32.2. The molecule has 0 aliphatic carbocycles. The molecule has 23 heavy (non-hydrogen) atoms. The first kappa shape index (κ1) is 18.6. The third-order valence-corrected chi connectivity index (χ3v) is 3.40. The molecule has 0 bridgehead atoms. The maximum atomic E-state index is 13.4. The van der Waals surface area contributed by atoms with Crippen LogP contribution in [0.15, 0.2) is 53.7 Å². The van der Waals surface area contributed by atoms with Gasteiger partial charge in [0.15, 0.2) is 0 Å². The number of esters is 1. The van der Waals surface area contributed by atoms with Crippen molar-refractivity contribution in [3.05, 3.63) is 60.2 Å². The molecule has 5 nitrogen and oxygen atoms in total. The lowest BCUT2D eigenvalue weighted by molar-refractivity contribution is -0.140. The standard InChI is InChI=1S/C11H11FO4S.C5H5N/c1-7(13)16-4-5-17-10-3-2-8(11(14)15)6-9(10)12;1-2-4-6-5-3-1/h2-3,6H,4-5H2,1H3,(H,14,15);1-5H. The number of carbonyl (C=O) groups excluding carboxylic acids is 1. The molecule has 0 saturated carbocycles. The van der Waals surface area contributed by atoms with E-state index < -0.39 is 11.8 Å². The second kappa shape index (κ2) is 10.3. The average molecular weight is 337 g/mol. The van der Waals surface area contributed by atoms with Gasteiger partial charge in [-0.25, -0.2) is 9.18 Å². The number of benzene rings is 1. The molecule has 7 heteroatoms. The van der Waals surface area contributed by atoms with E-state index in [1.54, 1.807) is 12.4 Å². The maximum Gasteiger partial charge on any atom is 0.335 e. The molecule has 0 amide bonds. The van der Waals surface area contributed by atoms with Gasteiger partial charge in [0.2, 0.25) is 0 Å². The highest BCUT2D eigenvalue weighted by Gasteiger charge is 2.08. The van der Waals surface area contributed by atoms with Crippen LogP contribution in [0.4, 0.5) is 4.39 Å². The van der Waals surface area contributed by atoms with Gasteiger partial charge in [-0.3, -0.25) is 9.78 Å². The smallest absolute Gasteiger partial charge is 0.335 e. The molecule has 122 valence electrons. The second-order valence-corrected chi connectivity index (χ2v) is 5.30. The zero-order valence-corrected chi connectivity index (χ0v) is 13.3. The molecule has 0 atom stereocenters. The monoisotopic (exact) mass is 337 g/mol. The van der Waals surface area contributed by atoms with E-state index in [0.717, 1.165) is 17.8 Å². The van der Waals surface area contributed by atoms with Gasteiger partial charge < -0.3 is 9.84 Å². The predicted molar refractivity (Wildman–Crippen MR) is 85.0 cm³/mol. The van der Waals surface area contributed by atoms with E-state index in [1.807, 2.05) is 18.2 Å². The van der Waals surface area contributed by atoms with Crippen molar-refractivity contribution in [2.45, 2.75) is 11.8 Å². The summed E-state index contributed by atoms with van der Waals surface area (Å²) in [5, 5.41) is 8.64. The van der Waals surface area contributed by atoms with Gasteiger partial charge in [0.25, 0.3) is 0 Å². The predicted octanol–water partition coefficient (Wildman–Crippen LogP) is 3.26. The number of carboxylic acid groups (broad SMARTS) is 1. The number of ether oxygens (including phenoxy) is 1. The fraction of sp³-hybridized carbons (Fsp3) is 0.188. The number of rotatable bonds is 5. The third kappa shape index (κ3) is 7.96. The second-order valence-electron chi connectivity index (χ2n) is 4.16. The Kier molecular flexibility index (Phi) is 8.38. The van der Waals surface area contributed by atoms with Gasteiger partial charge in [-0.2, -0.15) is 0 Å². The van der Waals surface area contributed by atoms with Gasteiger partial charge in [0.05, 0.1) is 5.56 Å². The van der Waals surface area contributed by atoms with Crippen molar-refractivity contribution < 1.29 is 23.8 Å². The molecule has 0 aliphatic rings. The summed E-state index contributed by atoms with van der Waals surface area (Å²) in [6, 6.07) is 9.42. The minimum atomic E-state index is -1.17. The van der Waals surface area contributed by atoms with Crippen molar-refractivity contribution in [3.8, 4) is 0 Å². The van der Waals surface area contributed by atoms with E-state index in [2.05, 4.69) is 9.72 Å². The quantitative estimate of drug-likeness (QED) is 0.513. The number of hydrogen-bond donors (Lipinski definition) is 1. The fourth-order valence-corrected chi connectivity index (χ4v) is 2.15. The third-order valence-electron chi connectivity index (χ3n) is 2.39. The van der Waals surface area contributed by atoms with Gasteiger partial charge in [-0.1, -0.05) is 6.07 Å². The number of aromatic nitrogens is 1. The normalized spacial score (nSPS) is 9.48. The molecule has 0 radical (unpaired) electrons. The molecule has 0 spiro atoms. The number of nitrogens with zero attached hydrogens (tertiary/aromatic N) is 1.